The van der Waals surface area contributed by atoms with Gasteiger partial charge in [0, 0.05) is 36.3 Å². The lowest BCUT2D eigenvalue weighted by atomic mass is 10.0. The Kier molecular flexibility index (Phi) is 6.31. The second-order valence-electron chi connectivity index (χ2n) is 7.83. The third-order valence-electron chi connectivity index (χ3n) is 5.78. The molecule has 0 N–H and O–H groups in total. The Hall–Kier alpha value is -3.92. The molecule has 0 saturated carbocycles. The maximum atomic E-state index is 13.1. The molecule has 0 aliphatic rings. The lowest BCUT2D eigenvalue weighted by Gasteiger charge is -2.11. The summed E-state index contributed by atoms with van der Waals surface area (Å²) in [5, 5.41) is 11.5. The Morgan fingerprint density at radius 3 is 2.59 bits per heavy atom. The predicted octanol–water partition coefficient (Wildman–Crippen LogP) is 3.88. The maximum Gasteiger partial charge on any atom is 0.328 e. The lowest BCUT2D eigenvalue weighted by molar-refractivity contribution is 0.504. The molecule has 1 unspecified atom stereocenters. The van der Waals surface area contributed by atoms with Crippen LogP contribution in [0, 0.1) is 12.3 Å². The van der Waals surface area contributed by atoms with Gasteiger partial charge >= 0.3 is 5.69 Å². The minimum atomic E-state index is 0.0134. The fourth-order valence-electron chi connectivity index (χ4n) is 3.79. The molecule has 0 aliphatic carbocycles. The highest BCUT2D eigenvalue weighted by atomic mass is 16.1. The van der Waals surface area contributed by atoms with Gasteiger partial charge in [-0.05, 0) is 41.0 Å². The van der Waals surface area contributed by atoms with Crippen LogP contribution < -0.4 is 5.69 Å². The van der Waals surface area contributed by atoms with Crippen molar-refractivity contribution in [2.75, 3.05) is 0 Å². The minimum Gasteiger partial charge on any atom is -0.296 e. The summed E-state index contributed by atoms with van der Waals surface area (Å²) < 4.78 is 5.31. The number of hydrogen-bond acceptors (Lipinski definition) is 4. The molecule has 162 valence electrons. The van der Waals surface area contributed by atoms with E-state index >= 15 is 0 Å². The second kappa shape index (κ2) is 9.48. The van der Waals surface area contributed by atoms with E-state index in [1.807, 2.05) is 39.6 Å². The van der Waals surface area contributed by atoms with Crippen molar-refractivity contribution in [3.05, 3.63) is 82.8 Å². The van der Waals surface area contributed by atoms with Crippen LogP contribution in [0.25, 0.3) is 16.8 Å². The Balaban J connectivity index is 1.64. The molecule has 2 aromatic heterocycles. The highest BCUT2D eigenvalue weighted by Crippen LogP contribution is 2.26. The summed E-state index contributed by atoms with van der Waals surface area (Å²) in [5.74, 6) is 2.68. The number of para-hydroxylation sites is 1. The first-order valence-corrected chi connectivity index (χ1v) is 10.8. The molecule has 0 fully saturated rings. The van der Waals surface area contributed by atoms with Crippen molar-refractivity contribution >= 4 is 0 Å². The van der Waals surface area contributed by atoms with Crippen molar-refractivity contribution in [3.8, 4) is 29.2 Å². The van der Waals surface area contributed by atoms with Crippen molar-refractivity contribution in [2.24, 2.45) is 0 Å². The number of terminal acetylenes is 1. The average Bonchev–Trinajstić information content (AvgIpc) is 3.47. The molecule has 1 atom stereocenters. The van der Waals surface area contributed by atoms with Crippen LogP contribution in [0.2, 0.25) is 0 Å². The van der Waals surface area contributed by atoms with Crippen molar-refractivity contribution < 1.29 is 0 Å². The van der Waals surface area contributed by atoms with E-state index in [4.69, 9.17) is 6.42 Å². The number of aryl methyl sites for hydroxylation is 1. The third-order valence-corrected chi connectivity index (χ3v) is 5.78. The zero-order valence-electron chi connectivity index (χ0n) is 18.3. The minimum absolute atomic E-state index is 0.0134. The first-order valence-electron chi connectivity index (χ1n) is 10.8. The molecular weight excluding hydrogens is 400 g/mol. The van der Waals surface area contributed by atoms with Crippen molar-refractivity contribution in [2.45, 2.75) is 45.7 Å². The number of benzene rings is 2. The van der Waals surface area contributed by atoms with Gasteiger partial charge in [-0.25, -0.2) is 4.79 Å². The molecule has 32 heavy (non-hydrogen) atoms. The topological polar surface area (TPSA) is 70.5 Å². The standard InChI is InChI=1S/C25H26N6O/c1-4-6-9-22-17-29(19(3)5-2)25(32)30(22)16-20-12-14-21(15-13-20)23-10-7-8-11-24(23)31-18-26-27-28-31/h1,7-8,10-15,17-19H,5-6,9,16H2,2-3H3. The van der Waals surface area contributed by atoms with Crippen molar-refractivity contribution in [1.82, 2.24) is 29.3 Å². The van der Waals surface area contributed by atoms with Crippen LogP contribution in [0.4, 0.5) is 0 Å². The van der Waals surface area contributed by atoms with E-state index in [9.17, 15) is 4.79 Å². The van der Waals surface area contributed by atoms with Gasteiger partial charge in [0.15, 0.2) is 0 Å². The van der Waals surface area contributed by atoms with Gasteiger partial charge in [0.25, 0.3) is 0 Å². The van der Waals surface area contributed by atoms with Crippen LogP contribution in [0.1, 0.15) is 44.0 Å². The number of rotatable bonds is 8. The number of tetrazole rings is 1. The Morgan fingerprint density at radius 2 is 1.91 bits per heavy atom. The van der Waals surface area contributed by atoms with E-state index in [0.29, 0.717) is 19.4 Å². The van der Waals surface area contributed by atoms with Crippen LogP contribution in [-0.4, -0.2) is 29.3 Å². The van der Waals surface area contributed by atoms with Gasteiger partial charge < -0.3 is 0 Å². The largest absolute Gasteiger partial charge is 0.328 e. The molecule has 0 saturated heterocycles. The second-order valence-corrected chi connectivity index (χ2v) is 7.83. The molecule has 0 bridgehead atoms. The third kappa shape index (κ3) is 4.26. The van der Waals surface area contributed by atoms with Gasteiger partial charge in [0.05, 0.1) is 12.2 Å². The molecule has 0 radical (unpaired) electrons. The van der Waals surface area contributed by atoms with Crippen molar-refractivity contribution in [1.29, 1.82) is 0 Å². The Bertz CT molecular complexity index is 1280. The van der Waals surface area contributed by atoms with Crippen LogP contribution in [0.5, 0.6) is 0 Å². The molecule has 4 aromatic rings. The van der Waals surface area contributed by atoms with Gasteiger partial charge in [-0.15, -0.1) is 17.4 Å². The molecule has 0 aliphatic heterocycles. The van der Waals surface area contributed by atoms with E-state index in [0.717, 1.165) is 34.5 Å². The zero-order chi connectivity index (χ0) is 22.5. The van der Waals surface area contributed by atoms with Crippen LogP contribution in [0.3, 0.4) is 0 Å². The summed E-state index contributed by atoms with van der Waals surface area (Å²) in [4.78, 5) is 13.1. The normalized spacial score (nSPS) is 11.9. The fourth-order valence-corrected chi connectivity index (χ4v) is 3.79. The van der Waals surface area contributed by atoms with E-state index in [-0.39, 0.29) is 11.7 Å². The van der Waals surface area contributed by atoms with E-state index < -0.39 is 0 Å². The van der Waals surface area contributed by atoms with E-state index in [1.54, 1.807) is 11.0 Å². The molecule has 7 nitrogen and oxygen atoms in total. The van der Waals surface area contributed by atoms with Gasteiger partial charge in [-0.2, -0.15) is 4.68 Å². The molecule has 7 heteroatoms. The van der Waals surface area contributed by atoms with E-state index in [2.05, 4.69) is 59.6 Å². The smallest absolute Gasteiger partial charge is 0.296 e. The summed E-state index contributed by atoms with van der Waals surface area (Å²) in [7, 11) is 0. The highest BCUT2D eigenvalue weighted by molar-refractivity contribution is 5.72. The number of hydrogen-bond donors (Lipinski definition) is 0. The summed E-state index contributed by atoms with van der Waals surface area (Å²) in [5.41, 5.74) is 5.03. The summed E-state index contributed by atoms with van der Waals surface area (Å²) >= 11 is 0. The molecule has 2 heterocycles. The molecule has 0 amide bonds. The first-order chi connectivity index (χ1) is 15.6. The Morgan fingerprint density at radius 1 is 1.12 bits per heavy atom. The Labute approximate surface area is 187 Å². The van der Waals surface area contributed by atoms with Gasteiger partial charge in [-0.3, -0.25) is 9.13 Å². The van der Waals surface area contributed by atoms with Crippen LogP contribution in [-0.2, 0) is 13.0 Å². The van der Waals surface area contributed by atoms with Crippen molar-refractivity contribution in [3.63, 3.8) is 0 Å². The lowest BCUT2D eigenvalue weighted by Crippen LogP contribution is -2.27. The zero-order valence-corrected chi connectivity index (χ0v) is 18.3. The quantitative estimate of drug-likeness (QED) is 0.401. The SMILES string of the molecule is C#CCCc1cn(C(C)CC)c(=O)n1Cc1ccc(-c2ccccc2-n2cnnn2)cc1. The predicted molar refractivity (Wildman–Crippen MR) is 125 cm³/mol. The van der Waals surface area contributed by atoms with Crippen LogP contribution >= 0.6 is 0 Å². The average molecular weight is 427 g/mol. The summed E-state index contributed by atoms with van der Waals surface area (Å²) in [6.45, 7) is 4.66. The number of nitrogens with zero attached hydrogens (tertiary/aromatic N) is 6. The first kappa shape index (κ1) is 21.3. The van der Waals surface area contributed by atoms with E-state index in [1.165, 1.54) is 0 Å². The van der Waals surface area contributed by atoms with Gasteiger partial charge in [0.2, 0.25) is 0 Å². The van der Waals surface area contributed by atoms with Gasteiger partial charge in [0.1, 0.15) is 6.33 Å². The molecule has 2 aromatic carbocycles. The molecular formula is C25H26N6O. The number of aromatic nitrogens is 6. The van der Waals surface area contributed by atoms with Crippen LogP contribution in [0.15, 0.2) is 65.8 Å². The maximum absolute atomic E-state index is 13.1. The summed E-state index contributed by atoms with van der Waals surface area (Å²) in [6, 6.07) is 16.4. The van der Waals surface area contributed by atoms with Gasteiger partial charge in [-0.1, -0.05) is 49.4 Å². The molecule has 0 spiro atoms. The monoisotopic (exact) mass is 426 g/mol. The number of imidazole rings is 1. The highest BCUT2D eigenvalue weighted by Gasteiger charge is 2.15. The summed E-state index contributed by atoms with van der Waals surface area (Å²) in [6.07, 6.45) is 11.2. The fraction of sp³-hybridized carbons (Fsp3) is 0.280. The molecule has 4 rings (SSSR count).